The first kappa shape index (κ1) is 10.9. The molecular formula is C11H13N3OS. The van der Waals surface area contributed by atoms with Crippen LogP contribution in [0, 0.1) is 0 Å². The van der Waals surface area contributed by atoms with E-state index in [1.54, 1.807) is 17.1 Å². The lowest BCUT2D eigenvalue weighted by Crippen LogP contribution is -2.11. The first-order chi connectivity index (χ1) is 7.70. The van der Waals surface area contributed by atoms with Gasteiger partial charge in [0, 0.05) is 13.2 Å². The van der Waals surface area contributed by atoms with Gasteiger partial charge in [0.1, 0.15) is 0 Å². The summed E-state index contributed by atoms with van der Waals surface area (Å²) in [6, 6.07) is 1.99. The van der Waals surface area contributed by atoms with Gasteiger partial charge >= 0.3 is 0 Å². The summed E-state index contributed by atoms with van der Waals surface area (Å²) in [5.74, 6) is -0.0557. The molecule has 2 heterocycles. The Morgan fingerprint density at radius 2 is 2.44 bits per heavy atom. The summed E-state index contributed by atoms with van der Waals surface area (Å²) in [5, 5.41) is 8.77. The van der Waals surface area contributed by atoms with Gasteiger partial charge in [0.25, 0.3) is 5.91 Å². The van der Waals surface area contributed by atoms with Crippen LogP contribution in [0.3, 0.4) is 0 Å². The third-order valence-electron chi connectivity index (χ3n) is 2.30. The van der Waals surface area contributed by atoms with Crippen LogP contribution in [-0.4, -0.2) is 15.7 Å². The molecule has 2 aromatic rings. The molecule has 0 aliphatic heterocycles. The van der Waals surface area contributed by atoms with Gasteiger partial charge in [-0.05, 0) is 23.4 Å². The van der Waals surface area contributed by atoms with Crippen molar-refractivity contribution in [2.24, 2.45) is 7.05 Å². The summed E-state index contributed by atoms with van der Waals surface area (Å²) in [6.07, 6.45) is 4.29. The molecule has 0 bridgehead atoms. The lowest BCUT2D eigenvalue weighted by Gasteiger charge is -2.01. The van der Waals surface area contributed by atoms with Crippen LogP contribution in [0.2, 0.25) is 0 Å². The summed E-state index contributed by atoms with van der Waals surface area (Å²) < 4.78 is 1.66. The minimum absolute atomic E-state index is 0.0557. The first-order valence-electron chi connectivity index (χ1n) is 5.07. The Hall–Kier alpha value is -1.62. The number of nitrogens with one attached hydrogen (secondary N) is 1. The predicted molar refractivity (Wildman–Crippen MR) is 64.9 cm³/mol. The van der Waals surface area contributed by atoms with Crippen molar-refractivity contribution in [2.45, 2.75) is 13.3 Å². The van der Waals surface area contributed by atoms with Crippen molar-refractivity contribution in [3.63, 3.8) is 0 Å². The number of aryl methyl sites for hydroxylation is 2. The molecule has 1 amide bonds. The van der Waals surface area contributed by atoms with E-state index in [9.17, 15) is 4.79 Å². The van der Waals surface area contributed by atoms with Crippen LogP contribution in [0.5, 0.6) is 0 Å². The Morgan fingerprint density at radius 1 is 1.62 bits per heavy atom. The highest BCUT2D eigenvalue weighted by atomic mass is 32.1. The molecule has 0 atom stereocenters. The van der Waals surface area contributed by atoms with Crippen LogP contribution in [0.4, 0.5) is 5.69 Å². The summed E-state index contributed by atoms with van der Waals surface area (Å²) in [5.41, 5.74) is 1.81. The third kappa shape index (κ3) is 2.14. The quantitative estimate of drug-likeness (QED) is 0.887. The normalized spacial score (nSPS) is 10.4. The van der Waals surface area contributed by atoms with Crippen molar-refractivity contribution in [2.75, 3.05) is 5.32 Å². The lowest BCUT2D eigenvalue weighted by molar-refractivity contribution is 0.103. The monoisotopic (exact) mass is 235 g/mol. The Morgan fingerprint density at radius 3 is 3.06 bits per heavy atom. The summed E-state index contributed by atoms with van der Waals surface area (Å²) in [7, 11) is 1.82. The van der Waals surface area contributed by atoms with Crippen molar-refractivity contribution >= 4 is 22.9 Å². The van der Waals surface area contributed by atoms with Gasteiger partial charge in [-0.2, -0.15) is 5.10 Å². The van der Waals surface area contributed by atoms with Crippen molar-refractivity contribution in [3.8, 4) is 0 Å². The number of amides is 1. The molecule has 0 saturated heterocycles. The van der Waals surface area contributed by atoms with Crippen LogP contribution in [0.15, 0.2) is 23.8 Å². The molecule has 0 unspecified atom stereocenters. The SMILES string of the molecule is CCc1ccsc1C(=O)Nc1cnn(C)c1. The molecule has 0 radical (unpaired) electrons. The predicted octanol–water partition coefficient (Wildman–Crippen LogP) is 2.30. The zero-order valence-corrected chi connectivity index (χ0v) is 10.0. The second kappa shape index (κ2) is 4.49. The molecule has 5 heteroatoms. The highest BCUT2D eigenvalue weighted by Gasteiger charge is 2.12. The summed E-state index contributed by atoms with van der Waals surface area (Å²) >= 11 is 1.47. The van der Waals surface area contributed by atoms with E-state index in [0.29, 0.717) is 0 Å². The number of carbonyl (C=O) groups excluding carboxylic acids is 1. The van der Waals surface area contributed by atoms with Crippen LogP contribution < -0.4 is 5.32 Å². The van der Waals surface area contributed by atoms with E-state index in [2.05, 4.69) is 10.4 Å². The van der Waals surface area contributed by atoms with Gasteiger partial charge in [-0.15, -0.1) is 11.3 Å². The fourth-order valence-corrected chi connectivity index (χ4v) is 2.38. The zero-order valence-electron chi connectivity index (χ0n) is 9.23. The topological polar surface area (TPSA) is 46.9 Å². The largest absolute Gasteiger partial charge is 0.319 e. The van der Waals surface area contributed by atoms with Gasteiger partial charge in [-0.3, -0.25) is 9.48 Å². The van der Waals surface area contributed by atoms with Gasteiger partial charge in [0.15, 0.2) is 0 Å². The Balaban J connectivity index is 2.14. The maximum atomic E-state index is 11.9. The van der Waals surface area contributed by atoms with E-state index in [1.807, 2.05) is 25.4 Å². The van der Waals surface area contributed by atoms with E-state index in [0.717, 1.165) is 22.5 Å². The fourth-order valence-electron chi connectivity index (χ4n) is 1.49. The van der Waals surface area contributed by atoms with Crippen LogP contribution >= 0.6 is 11.3 Å². The van der Waals surface area contributed by atoms with Gasteiger partial charge in [0.05, 0.1) is 16.8 Å². The number of hydrogen-bond donors (Lipinski definition) is 1. The summed E-state index contributed by atoms with van der Waals surface area (Å²) in [4.78, 5) is 12.7. The molecule has 2 aromatic heterocycles. The van der Waals surface area contributed by atoms with E-state index in [1.165, 1.54) is 11.3 Å². The maximum absolute atomic E-state index is 11.9. The molecule has 0 aliphatic rings. The highest BCUT2D eigenvalue weighted by Crippen LogP contribution is 2.19. The smallest absolute Gasteiger partial charge is 0.266 e. The number of nitrogens with zero attached hydrogens (tertiary/aromatic N) is 2. The van der Waals surface area contributed by atoms with Crippen molar-refractivity contribution < 1.29 is 4.79 Å². The number of rotatable bonds is 3. The molecular weight excluding hydrogens is 222 g/mol. The minimum Gasteiger partial charge on any atom is -0.319 e. The molecule has 0 saturated carbocycles. The van der Waals surface area contributed by atoms with Gasteiger partial charge in [0.2, 0.25) is 0 Å². The Bertz CT molecular complexity index is 501. The summed E-state index contributed by atoms with van der Waals surface area (Å²) in [6.45, 7) is 2.04. The second-order valence-corrected chi connectivity index (χ2v) is 4.40. The van der Waals surface area contributed by atoms with Gasteiger partial charge < -0.3 is 5.32 Å². The number of thiophene rings is 1. The zero-order chi connectivity index (χ0) is 11.5. The van der Waals surface area contributed by atoms with E-state index < -0.39 is 0 Å². The molecule has 4 nitrogen and oxygen atoms in total. The van der Waals surface area contributed by atoms with E-state index in [4.69, 9.17) is 0 Å². The number of anilines is 1. The minimum atomic E-state index is -0.0557. The Kier molecular flexibility index (Phi) is 3.05. The average molecular weight is 235 g/mol. The maximum Gasteiger partial charge on any atom is 0.266 e. The molecule has 0 spiro atoms. The van der Waals surface area contributed by atoms with Crippen LogP contribution in [0.25, 0.3) is 0 Å². The first-order valence-corrected chi connectivity index (χ1v) is 5.95. The molecule has 16 heavy (non-hydrogen) atoms. The van der Waals surface area contributed by atoms with Crippen molar-refractivity contribution in [1.82, 2.24) is 9.78 Å². The molecule has 0 aromatic carbocycles. The number of aromatic nitrogens is 2. The van der Waals surface area contributed by atoms with Gasteiger partial charge in [-0.25, -0.2) is 0 Å². The van der Waals surface area contributed by atoms with Crippen molar-refractivity contribution in [1.29, 1.82) is 0 Å². The molecule has 84 valence electrons. The van der Waals surface area contributed by atoms with Crippen LogP contribution in [0.1, 0.15) is 22.2 Å². The van der Waals surface area contributed by atoms with Gasteiger partial charge in [-0.1, -0.05) is 6.92 Å². The van der Waals surface area contributed by atoms with Crippen molar-refractivity contribution in [3.05, 3.63) is 34.3 Å². The second-order valence-electron chi connectivity index (χ2n) is 3.49. The highest BCUT2D eigenvalue weighted by molar-refractivity contribution is 7.12. The standard InChI is InChI=1S/C11H13N3OS/c1-3-8-4-5-16-10(8)11(15)13-9-6-12-14(2)7-9/h4-7H,3H2,1-2H3,(H,13,15). The molecule has 1 N–H and O–H groups in total. The fraction of sp³-hybridized carbons (Fsp3) is 0.273. The molecule has 0 fully saturated rings. The lowest BCUT2D eigenvalue weighted by atomic mass is 10.2. The van der Waals surface area contributed by atoms with E-state index >= 15 is 0 Å². The van der Waals surface area contributed by atoms with Crippen LogP contribution in [-0.2, 0) is 13.5 Å². The average Bonchev–Trinajstić information content (AvgIpc) is 2.86. The third-order valence-corrected chi connectivity index (χ3v) is 3.25. The number of carbonyl (C=O) groups is 1. The number of hydrogen-bond acceptors (Lipinski definition) is 3. The molecule has 0 aliphatic carbocycles. The van der Waals surface area contributed by atoms with E-state index in [-0.39, 0.29) is 5.91 Å². The Labute approximate surface area is 97.9 Å². The molecule has 2 rings (SSSR count).